The summed E-state index contributed by atoms with van der Waals surface area (Å²) in [4.78, 5) is 0.231. The van der Waals surface area contributed by atoms with E-state index in [-0.39, 0.29) is 17.5 Å². The van der Waals surface area contributed by atoms with Crippen molar-refractivity contribution in [1.82, 2.24) is 4.72 Å². The highest BCUT2D eigenvalue weighted by atomic mass is 32.2. The van der Waals surface area contributed by atoms with E-state index in [0.717, 1.165) is 19.3 Å². The van der Waals surface area contributed by atoms with Gasteiger partial charge in [0.15, 0.2) is 0 Å². The van der Waals surface area contributed by atoms with Gasteiger partial charge in [-0.05, 0) is 32.6 Å². The monoisotopic (exact) mass is 286 g/mol. The lowest BCUT2D eigenvalue weighted by Crippen LogP contribution is -2.28. The van der Waals surface area contributed by atoms with Gasteiger partial charge in [0, 0.05) is 18.2 Å². The molecule has 5 nitrogen and oxygen atoms in total. The van der Waals surface area contributed by atoms with E-state index in [1.807, 2.05) is 0 Å². The van der Waals surface area contributed by atoms with Gasteiger partial charge in [-0.1, -0.05) is 13.3 Å². The van der Waals surface area contributed by atoms with E-state index >= 15 is 0 Å². The van der Waals surface area contributed by atoms with Crippen molar-refractivity contribution in [2.45, 2.75) is 57.5 Å². The first-order chi connectivity index (χ1) is 8.90. The summed E-state index contributed by atoms with van der Waals surface area (Å²) in [6.07, 6.45) is 3.09. The molecule has 0 saturated heterocycles. The van der Waals surface area contributed by atoms with E-state index in [2.05, 4.69) is 11.6 Å². The molecule has 1 aromatic rings. The number of furan rings is 1. The number of hydrogen-bond acceptors (Lipinski definition) is 4. The van der Waals surface area contributed by atoms with Crippen molar-refractivity contribution in [1.29, 1.82) is 0 Å². The summed E-state index contributed by atoms with van der Waals surface area (Å²) in [5.74, 6) is 1.48. The molecule has 1 aliphatic carbocycles. The molecule has 19 heavy (non-hydrogen) atoms. The lowest BCUT2D eigenvalue weighted by atomic mass is 10.2. The molecule has 1 saturated carbocycles. The van der Waals surface area contributed by atoms with Crippen molar-refractivity contribution >= 4 is 10.0 Å². The molecular formula is C13H22N2O3S. The SMILES string of the molecule is CCCC1CC1NS(=O)(=O)c1c(C)oc(C)c1CN. The average Bonchev–Trinajstić information content (AvgIpc) is 2.93. The van der Waals surface area contributed by atoms with Crippen LogP contribution < -0.4 is 10.5 Å². The third-order valence-electron chi connectivity index (χ3n) is 3.69. The molecule has 6 heteroatoms. The van der Waals surface area contributed by atoms with Crippen molar-refractivity contribution in [2.24, 2.45) is 11.7 Å². The first-order valence-corrected chi connectivity index (χ1v) is 8.20. The summed E-state index contributed by atoms with van der Waals surface area (Å²) in [6.45, 7) is 5.69. The highest BCUT2D eigenvalue weighted by molar-refractivity contribution is 7.89. The fourth-order valence-corrected chi connectivity index (χ4v) is 4.41. The van der Waals surface area contributed by atoms with Crippen LogP contribution in [0.1, 0.15) is 43.3 Å². The highest BCUT2D eigenvalue weighted by Gasteiger charge is 2.40. The summed E-state index contributed by atoms with van der Waals surface area (Å²) in [5, 5.41) is 0. The molecule has 2 atom stereocenters. The molecule has 1 aromatic heterocycles. The molecule has 0 aromatic carbocycles. The van der Waals surface area contributed by atoms with Gasteiger partial charge in [0.25, 0.3) is 0 Å². The number of aryl methyl sites for hydroxylation is 2. The molecule has 0 radical (unpaired) electrons. The zero-order valence-corrected chi connectivity index (χ0v) is 12.5. The number of nitrogens with one attached hydrogen (secondary N) is 1. The largest absolute Gasteiger partial charge is 0.465 e. The second kappa shape index (κ2) is 5.26. The van der Waals surface area contributed by atoms with Gasteiger partial charge in [-0.2, -0.15) is 0 Å². The molecule has 3 N–H and O–H groups in total. The standard InChI is InChI=1S/C13H22N2O3S/c1-4-5-10-6-12(10)15-19(16,17)13-9(3)18-8(2)11(13)7-14/h10,12,15H,4-7,14H2,1-3H3. The number of sulfonamides is 1. The molecule has 2 rings (SSSR count). The maximum Gasteiger partial charge on any atom is 0.244 e. The minimum atomic E-state index is -3.52. The smallest absolute Gasteiger partial charge is 0.244 e. The van der Waals surface area contributed by atoms with Crippen molar-refractivity contribution in [3.05, 3.63) is 17.1 Å². The van der Waals surface area contributed by atoms with Gasteiger partial charge in [0.05, 0.1) is 0 Å². The van der Waals surface area contributed by atoms with E-state index in [4.69, 9.17) is 10.2 Å². The quantitative estimate of drug-likeness (QED) is 0.835. The van der Waals surface area contributed by atoms with E-state index in [9.17, 15) is 8.42 Å². The first kappa shape index (κ1) is 14.6. The zero-order valence-electron chi connectivity index (χ0n) is 11.7. The normalized spacial score (nSPS) is 22.7. The van der Waals surface area contributed by atoms with Crippen LogP contribution in [0.4, 0.5) is 0 Å². The average molecular weight is 286 g/mol. The van der Waals surface area contributed by atoms with Crippen LogP contribution in [0.15, 0.2) is 9.31 Å². The molecule has 1 fully saturated rings. The van der Waals surface area contributed by atoms with Crippen molar-refractivity contribution in [3.8, 4) is 0 Å². The Bertz CT molecular complexity index is 563. The van der Waals surface area contributed by atoms with Crippen LogP contribution in [0.3, 0.4) is 0 Å². The summed E-state index contributed by atoms with van der Waals surface area (Å²) in [6, 6.07) is 0.0742. The van der Waals surface area contributed by atoms with Gasteiger partial charge in [0.1, 0.15) is 16.4 Å². The third kappa shape index (κ3) is 2.85. The Balaban J connectivity index is 2.21. The molecule has 0 bridgehead atoms. The topological polar surface area (TPSA) is 85.3 Å². The highest BCUT2D eigenvalue weighted by Crippen LogP contribution is 2.36. The Kier molecular flexibility index (Phi) is 4.03. The summed E-state index contributed by atoms with van der Waals surface area (Å²) >= 11 is 0. The summed E-state index contributed by atoms with van der Waals surface area (Å²) in [5.41, 5.74) is 6.21. The van der Waals surface area contributed by atoms with Crippen LogP contribution in [0.5, 0.6) is 0 Å². The molecule has 0 spiro atoms. The maximum absolute atomic E-state index is 12.4. The molecule has 0 amide bonds. The lowest BCUT2D eigenvalue weighted by Gasteiger charge is -2.07. The minimum Gasteiger partial charge on any atom is -0.465 e. The van der Waals surface area contributed by atoms with Gasteiger partial charge < -0.3 is 10.2 Å². The van der Waals surface area contributed by atoms with E-state index < -0.39 is 10.0 Å². The summed E-state index contributed by atoms with van der Waals surface area (Å²) in [7, 11) is -3.52. The zero-order chi connectivity index (χ0) is 14.2. The third-order valence-corrected chi connectivity index (χ3v) is 5.37. The second-order valence-electron chi connectivity index (χ2n) is 5.24. The van der Waals surface area contributed by atoms with Crippen LogP contribution >= 0.6 is 0 Å². The van der Waals surface area contributed by atoms with Crippen LogP contribution in [0.25, 0.3) is 0 Å². The Labute approximate surface area is 114 Å². The van der Waals surface area contributed by atoms with Gasteiger partial charge >= 0.3 is 0 Å². The Morgan fingerprint density at radius 1 is 1.37 bits per heavy atom. The van der Waals surface area contributed by atoms with E-state index in [1.165, 1.54) is 0 Å². The van der Waals surface area contributed by atoms with Crippen LogP contribution in [0.2, 0.25) is 0 Å². The molecule has 0 aliphatic heterocycles. The van der Waals surface area contributed by atoms with E-state index in [0.29, 0.717) is 23.0 Å². The minimum absolute atomic E-state index is 0.0742. The lowest BCUT2D eigenvalue weighted by molar-refractivity contribution is 0.493. The number of hydrogen-bond donors (Lipinski definition) is 2. The second-order valence-corrected chi connectivity index (χ2v) is 6.89. The summed E-state index contributed by atoms with van der Waals surface area (Å²) < 4.78 is 33.0. The Morgan fingerprint density at radius 2 is 2.05 bits per heavy atom. The fourth-order valence-electron chi connectivity index (χ4n) is 2.64. The predicted molar refractivity (Wildman–Crippen MR) is 73.2 cm³/mol. The van der Waals surface area contributed by atoms with Crippen LogP contribution in [-0.4, -0.2) is 14.5 Å². The van der Waals surface area contributed by atoms with Gasteiger partial charge in [-0.25, -0.2) is 13.1 Å². The Morgan fingerprint density at radius 3 is 2.63 bits per heavy atom. The van der Waals surface area contributed by atoms with Crippen LogP contribution in [0, 0.1) is 19.8 Å². The van der Waals surface area contributed by atoms with Gasteiger partial charge in [0.2, 0.25) is 10.0 Å². The molecule has 2 unspecified atom stereocenters. The van der Waals surface area contributed by atoms with Gasteiger partial charge in [-0.3, -0.25) is 0 Å². The first-order valence-electron chi connectivity index (χ1n) is 6.72. The van der Waals surface area contributed by atoms with Gasteiger partial charge in [-0.15, -0.1) is 0 Å². The van der Waals surface area contributed by atoms with Crippen LogP contribution in [-0.2, 0) is 16.6 Å². The molecular weight excluding hydrogens is 264 g/mol. The predicted octanol–water partition coefficient (Wildman–Crippen LogP) is 1.82. The van der Waals surface area contributed by atoms with Crippen molar-refractivity contribution in [2.75, 3.05) is 0 Å². The molecule has 108 valence electrons. The van der Waals surface area contributed by atoms with E-state index in [1.54, 1.807) is 13.8 Å². The number of rotatable bonds is 6. The van der Waals surface area contributed by atoms with Crippen molar-refractivity contribution < 1.29 is 12.8 Å². The number of nitrogens with two attached hydrogens (primary N) is 1. The Hall–Kier alpha value is -0.850. The maximum atomic E-state index is 12.4. The fraction of sp³-hybridized carbons (Fsp3) is 0.692. The molecule has 1 heterocycles. The molecule has 1 aliphatic rings. The van der Waals surface area contributed by atoms with Crippen molar-refractivity contribution in [3.63, 3.8) is 0 Å².